The average molecular weight is 340 g/mol. The van der Waals surface area contributed by atoms with Crippen molar-refractivity contribution in [2.24, 2.45) is 0 Å². The lowest BCUT2D eigenvalue weighted by molar-refractivity contribution is -0.166. The number of benzene rings is 2. The Morgan fingerprint density at radius 1 is 1.24 bits per heavy atom. The summed E-state index contributed by atoms with van der Waals surface area (Å²) in [4.78, 5) is 27.0. The topological polar surface area (TPSA) is 81.9 Å². The number of rotatable bonds is 4. The number of esters is 1. The van der Waals surface area contributed by atoms with E-state index in [1.165, 1.54) is 11.8 Å². The van der Waals surface area contributed by atoms with Gasteiger partial charge in [0, 0.05) is 5.69 Å². The van der Waals surface area contributed by atoms with E-state index < -0.39 is 17.5 Å². The number of anilines is 2. The van der Waals surface area contributed by atoms with Crippen LogP contribution in [0, 0.1) is 0 Å². The smallest absolute Gasteiger partial charge is 0.360 e. The number of nitrogens with two attached hydrogens (primary N) is 1. The van der Waals surface area contributed by atoms with Crippen LogP contribution in [0.25, 0.3) is 0 Å². The molecule has 0 saturated carbocycles. The molecule has 1 aliphatic rings. The van der Waals surface area contributed by atoms with Gasteiger partial charge in [-0.3, -0.25) is 4.79 Å². The Kier molecular flexibility index (Phi) is 4.35. The first-order chi connectivity index (χ1) is 12.0. The number of nitrogen functional groups attached to an aromatic ring is 1. The number of ether oxygens (including phenoxy) is 2. The largest absolute Gasteiger partial charge is 0.464 e. The van der Waals surface area contributed by atoms with E-state index >= 15 is 0 Å². The van der Waals surface area contributed by atoms with E-state index in [1.54, 1.807) is 25.1 Å². The van der Waals surface area contributed by atoms with Gasteiger partial charge < -0.3 is 20.1 Å². The van der Waals surface area contributed by atoms with Crippen LogP contribution in [-0.2, 0) is 20.9 Å². The normalized spacial score (nSPS) is 19.1. The maximum Gasteiger partial charge on any atom is 0.360 e. The Balaban J connectivity index is 2.06. The fourth-order valence-corrected chi connectivity index (χ4v) is 2.78. The van der Waals surface area contributed by atoms with E-state index in [-0.39, 0.29) is 6.61 Å². The van der Waals surface area contributed by atoms with Gasteiger partial charge in [-0.05, 0) is 37.6 Å². The lowest BCUT2D eigenvalue weighted by Crippen LogP contribution is -2.59. The minimum atomic E-state index is -1.73. The SMILES string of the molecule is CCOC(=O)C1(C)Oc2ccc(N)cc2N(Cc2ccccc2)C1=O. The van der Waals surface area contributed by atoms with Crippen molar-refractivity contribution in [1.29, 1.82) is 0 Å². The van der Waals surface area contributed by atoms with E-state index in [2.05, 4.69) is 0 Å². The number of fused-ring (bicyclic) bond motifs is 1. The maximum atomic E-state index is 13.1. The summed E-state index contributed by atoms with van der Waals surface area (Å²) in [6.45, 7) is 3.59. The number of amides is 1. The Bertz CT molecular complexity index is 806. The monoisotopic (exact) mass is 340 g/mol. The van der Waals surface area contributed by atoms with Crippen LogP contribution in [0.3, 0.4) is 0 Å². The van der Waals surface area contributed by atoms with Crippen LogP contribution in [0.5, 0.6) is 5.75 Å². The second-order valence-corrected chi connectivity index (χ2v) is 5.96. The van der Waals surface area contributed by atoms with Gasteiger partial charge in [-0.15, -0.1) is 0 Å². The van der Waals surface area contributed by atoms with E-state index in [9.17, 15) is 9.59 Å². The molecule has 25 heavy (non-hydrogen) atoms. The van der Waals surface area contributed by atoms with Crippen molar-refractivity contribution in [3.63, 3.8) is 0 Å². The fourth-order valence-electron chi connectivity index (χ4n) is 2.78. The summed E-state index contributed by atoms with van der Waals surface area (Å²) in [5.41, 5.74) is 6.12. The molecule has 1 amide bonds. The molecule has 1 heterocycles. The summed E-state index contributed by atoms with van der Waals surface area (Å²) in [7, 11) is 0. The predicted octanol–water partition coefficient (Wildman–Crippen LogP) is 2.52. The van der Waals surface area contributed by atoms with Gasteiger partial charge in [0.05, 0.1) is 18.8 Å². The number of hydrogen-bond donors (Lipinski definition) is 1. The number of carbonyl (C=O) groups is 2. The van der Waals surface area contributed by atoms with Crippen LogP contribution in [0.15, 0.2) is 48.5 Å². The summed E-state index contributed by atoms with van der Waals surface area (Å²) in [6.07, 6.45) is 0. The molecular weight excluding hydrogens is 320 g/mol. The molecule has 1 aliphatic heterocycles. The molecule has 6 nitrogen and oxygen atoms in total. The molecule has 2 aromatic carbocycles. The van der Waals surface area contributed by atoms with Gasteiger partial charge in [-0.1, -0.05) is 30.3 Å². The summed E-state index contributed by atoms with van der Waals surface area (Å²) in [6, 6.07) is 14.5. The highest BCUT2D eigenvalue weighted by molar-refractivity contribution is 6.15. The zero-order chi connectivity index (χ0) is 18.0. The van der Waals surface area contributed by atoms with Crippen LogP contribution in [0.4, 0.5) is 11.4 Å². The molecule has 0 spiro atoms. The highest BCUT2D eigenvalue weighted by Crippen LogP contribution is 2.40. The Labute approximate surface area is 146 Å². The van der Waals surface area contributed by atoms with Crippen LogP contribution in [0.1, 0.15) is 19.4 Å². The Hall–Kier alpha value is -3.02. The first kappa shape index (κ1) is 16.8. The summed E-state index contributed by atoms with van der Waals surface area (Å²) >= 11 is 0. The van der Waals surface area contributed by atoms with Crippen LogP contribution in [-0.4, -0.2) is 24.1 Å². The molecule has 2 N–H and O–H groups in total. The average Bonchev–Trinajstić information content (AvgIpc) is 2.61. The van der Waals surface area contributed by atoms with E-state index in [4.69, 9.17) is 15.2 Å². The quantitative estimate of drug-likeness (QED) is 0.525. The zero-order valence-electron chi connectivity index (χ0n) is 14.2. The number of carbonyl (C=O) groups excluding carboxylic acids is 2. The highest BCUT2D eigenvalue weighted by atomic mass is 16.6. The van der Waals surface area contributed by atoms with Crippen molar-refractivity contribution in [3.05, 3.63) is 54.1 Å². The van der Waals surface area contributed by atoms with E-state index in [0.29, 0.717) is 23.7 Å². The van der Waals surface area contributed by atoms with Gasteiger partial charge in [-0.25, -0.2) is 4.79 Å². The van der Waals surface area contributed by atoms with E-state index in [1.807, 2.05) is 30.3 Å². The van der Waals surface area contributed by atoms with Crippen LogP contribution in [0.2, 0.25) is 0 Å². The number of nitrogens with zero attached hydrogens (tertiary/aromatic N) is 1. The third kappa shape index (κ3) is 3.03. The van der Waals surface area contributed by atoms with Gasteiger partial charge in [-0.2, -0.15) is 0 Å². The van der Waals surface area contributed by atoms with Crippen molar-refractivity contribution in [1.82, 2.24) is 0 Å². The molecular formula is C19H20N2O4. The van der Waals surface area contributed by atoms with Gasteiger partial charge in [0.25, 0.3) is 11.5 Å². The zero-order valence-corrected chi connectivity index (χ0v) is 14.2. The summed E-state index contributed by atoms with van der Waals surface area (Å²) in [5.74, 6) is -0.770. The summed E-state index contributed by atoms with van der Waals surface area (Å²) < 4.78 is 10.8. The van der Waals surface area contributed by atoms with Crippen molar-refractivity contribution in [2.45, 2.75) is 26.0 Å². The predicted molar refractivity (Wildman–Crippen MR) is 94.2 cm³/mol. The van der Waals surface area contributed by atoms with Crippen molar-refractivity contribution >= 4 is 23.3 Å². The lowest BCUT2D eigenvalue weighted by Gasteiger charge is -2.39. The first-order valence-corrected chi connectivity index (χ1v) is 8.07. The molecule has 1 atom stereocenters. The Morgan fingerprint density at radius 3 is 2.64 bits per heavy atom. The third-order valence-electron chi connectivity index (χ3n) is 4.09. The van der Waals surface area contributed by atoms with Crippen molar-refractivity contribution in [2.75, 3.05) is 17.2 Å². The first-order valence-electron chi connectivity index (χ1n) is 8.07. The minimum absolute atomic E-state index is 0.165. The molecule has 0 saturated heterocycles. The molecule has 0 aliphatic carbocycles. The van der Waals surface area contributed by atoms with Gasteiger partial charge in [0.15, 0.2) is 0 Å². The lowest BCUT2D eigenvalue weighted by atomic mass is 10.00. The van der Waals surface area contributed by atoms with Gasteiger partial charge >= 0.3 is 5.97 Å². The highest BCUT2D eigenvalue weighted by Gasteiger charge is 2.52. The molecule has 6 heteroatoms. The fraction of sp³-hybridized carbons (Fsp3) is 0.263. The molecule has 0 aromatic heterocycles. The molecule has 0 fully saturated rings. The maximum absolute atomic E-state index is 13.1. The molecule has 130 valence electrons. The standard InChI is InChI=1S/C19H20N2O4/c1-3-24-18(23)19(2)17(22)21(12-13-7-5-4-6-8-13)15-11-14(20)9-10-16(15)25-19/h4-11H,3,12,20H2,1-2H3. The van der Waals surface area contributed by atoms with E-state index in [0.717, 1.165) is 5.56 Å². The van der Waals surface area contributed by atoms with Crippen LogP contribution >= 0.6 is 0 Å². The number of hydrogen-bond acceptors (Lipinski definition) is 5. The van der Waals surface area contributed by atoms with Crippen molar-refractivity contribution in [3.8, 4) is 5.75 Å². The second-order valence-electron chi connectivity index (χ2n) is 5.96. The van der Waals surface area contributed by atoms with Crippen molar-refractivity contribution < 1.29 is 19.1 Å². The summed E-state index contributed by atoms with van der Waals surface area (Å²) in [5, 5.41) is 0. The molecule has 1 unspecified atom stereocenters. The molecule has 0 bridgehead atoms. The Morgan fingerprint density at radius 2 is 1.96 bits per heavy atom. The van der Waals surface area contributed by atoms with Crippen LogP contribution < -0.4 is 15.4 Å². The van der Waals surface area contributed by atoms with Gasteiger partial charge in [0.2, 0.25) is 0 Å². The molecule has 2 aromatic rings. The molecule has 0 radical (unpaired) electrons. The second kappa shape index (κ2) is 6.47. The minimum Gasteiger partial charge on any atom is -0.464 e. The third-order valence-corrected chi connectivity index (χ3v) is 4.09. The van der Waals surface area contributed by atoms with Gasteiger partial charge in [0.1, 0.15) is 5.75 Å². The molecule has 3 rings (SSSR count).